The minimum atomic E-state index is -0.704. The van der Waals surface area contributed by atoms with Crippen LogP contribution in [0.1, 0.15) is 52.4 Å². The molecule has 0 saturated carbocycles. The average Bonchev–Trinajstić information content (AvgIpc) is 2.01. The van der Waals surface area contributed by atoms with E-state index in [-0.39, 0.29) is 0 Å². The molecule has 1 aliphatic carbocycles. The summed E-state index contributed by atoms with van der Waals surface area (Å²) in [7, 11) is 0. The Morgan fingerprint density at radius 1 is 1.29 bits per heavy atom. The first-order chi connectivity index (χ1) is 6.55. The lowest BCUT2D eigenvalue weighted by atomic mass is 9.80. The molecular weight excluding hydrogens is 176 g/mol. The Labute approximate surface area is 86.0 Å². The Bertz CT molecular complexity index is 239. The van der Waals surface area contributed by atoms with Crippen molar-refractivity contribution in [2.45, 2.75) is 52.4 Å². The first kappa shape index (κ1) is 11.3. The van der Waals surface area contributed by atoms with Crippen LogP contribution in [0.4, 0.5) is 0 Å². The standard InChI is InChI=1S/C12H20O2/c1-12(2,11(13)14)10-8-6-4-3-5-7-9-10/h8H,3-7,9H2,1-2H3,(H,13,14). The highest BCUT2D eigenvalue weighted by atomic mass is 16.4. The lowest BCUT2D eigenvalue weighted by molar-refractivity contribution is -0.144. The van der Waals surface area contributed by atoms with Crippen LogP contribution in [0.3, 0.4) is 0 Å². The second kappa shape index (κ2) is 4.63. The third kappa shape index (κ3) is 2.60. The quantitative estimate of drug-likeness (QED) is 0.687. The van der Waals surface area contributed by atoms with Crippen LogP contribution in [0.25, 0.3) is 0 Å². The van der Waals surface area contributed by atoms with E-state index in [0.717, 1.165) is 24.8 Å². The van der Waals surface area contributed by atoms with Crippen LogP contribution in [0.2, 0.25) is 0 Å². The largest absolute Gasteiger partial charge is 0.481 e. The van der Waals surface area contributed by atoms with E-state index in [0.29, 0.717) is 0 Å². The van der Waals surface area contributed by atoms with Gasteiger partial charge in [-0.1, -0.05) is 24.5 Å². The van der Waals surface area contributed by atoms with E-state index in [1.807, 2.05) is 13.8 Å². The van der Waals surface area contributed by atoms with Gasteiger partial charge >= 0.3 is 5.97 Å². The summed E-state index contributed by atoms with van der Waals surface area (Å²) in [4.78, 5) is 11.1. The molecule has 0 aromatic heterocycles. The van der Waals surface area contributed by atoms with E-state index in [1.165, 1.54) is 19.3 Å². The van der Waals surface area contributed by atoms with Gasteiger partial charge in [-0.15, -0.1) is 0 Å². The molecule has 0 bridgehead atoms. The first-order valence-electron chi connectivity index (χ1n) is 5.48. The summed E-state index contributed by atoms with van der Waals surface area (Å²) in [6, 6.07) is 0. The fourth-order valence-corrected chi connectivity index (χ4v) is 1.90. The van der Waals surface area contributed by atoms with Crippen molar-refractivity contribution >= 4 is 5.97 Å². The zero-order valence-electron chi connectivity index (χ0n) is 9.18. The van der Waals surface area contributed by atoms with Gasteiger partial charge < -0.3 is 5.11 Å². The van der Waals surface area contributed by atoms with Gasteiger partial charge in [-0.2, -0.15) is 0 Å². The number of carboxylic acids is 1. The maximum Gasteiger partial charge on any atom is 0.313 e. The van der Waals surface area contributed by atoms with Gasteiger partial charge in [0.15, 0.2) is 0 Å². The minimum Gasteiger partial charge on any atom is -0.481 e. The number of hydrogen-bond acceptors (Lipinski definition) is 1. The molecule has 0 radical (unpaired) electrons. The van der Waals surface area contributed by atoms with Crippen LogP contribution >= 0.6 is 0 Å². The summed E-state index contributed by atoms with van der Waals surface area (Å²) in [5.41, 5.74) is 0.446. The van der Waals surface area contributed by atoms with Crippen molar-refractivity contribution in [3.8, 4) is 0 Å². The summed E-state index contributed by atoms with van der Waals surface area (Å²) in [5, 5.41) is 9.11. The predicted molar refractivity (Wildman–Crippen MR) is 57.2 cm³/mol. The van der Waals surface area contributed by atoms with Crippen molar-refractivity contribution < 1.29 is 9.90 Å². The molecule has 0 aliphatic heterocycles. The molecule has 0 spiro atoms. The molecule has 1 rings (SSSR count). The van der Waals surface area contributed by atoms with Gasteiger partial charge in [0.05, 0.1) is 5.41 Å². The second-order valence-electron chi connectivity index (χ2n) is 4.61. The number of carboxylic acid groups (broad SMARTS) is 1. The summed E-state index contributed by atoms with van der Waals surface area (Å²) >= 11 is 0. The topological polar surface area (TPSA) is 37.3 Å². The molecule has 0 aromatic carbocycles. The molecule has 0 amide bonds. The van der Waals surface area contributed by atoms with Crippen molar-refractivity contribution in [2.24, 2.45) is 5.41 Å². The number of aliphatic carboxylic acids is 1. The fraction of sp³-hybridized carbons (Fsp3) is 0.750. The van der Waals surface area contributed by atoms with E-state index in [4.69, 9.17) is 5.11 Å². The van der Waals surface area contributed by atoms with Crippen LogP contribution in [0.5, 0.6) is 0 Å². The highest BCUT2D eigenvalue weighted by Gasteiger charge is 2.31. The monoisotopic (exact) mass is 196 g/mol. The Kier molecular flexibility index (Phi) is 3.73. The van der Waals surface area contributed by atoms with Gasteiger partial charge in [0.1, 0.15) is 0 Å². The van der Waals surface area contributed by atoms with E-state index >= 15 is 0 Å². The molecule has 2 heteroatoms. The molecule has 0 heterocycles. The van der Waals surface area contributed by atoms with Crippen LogP contribution in [-0.2, 0) is 4.79 Å². The second-order valence-corrected chi connectivity index (χ2v) is 4.61. The molecule has 0 atom stereocenters. The van der Waals surface area contributed by atoms with Crippen LogP contribution in [0.15, 0.2) is 11.6 Å². The van der Waals surface area contributed by atoms with Crippen molar-refractivity contribution in [1.29, 1.82) is 0 Å². The van der Waals surface area contributed by atoms with E-state index in [9.17, 15) is 4.79 Å². The molecule has 2 nitrogen and oxygen atoms in total. The summed E-state index contributed by atoms with van der Waals surface area (Å²) in [5.74, 6) is -0.704. The molecule has 80 valence electrons. The molecule has 0 fully saturated rings. The highest BCUT2D eigenvalue weighted by Crippen LogP contribution is 2.32. The molecule has 1 N–H and O–H groups in total. The van der Waals surface area contributed by atoms with Gasteiger partial charge in [0.2, 0.25) is 0 Å². The lowest BCUT2D eigenvalue weighted by Gasteiger charge is -2.24. The lowest BCUT2D eigenvalue weighted by Crippen LogP contribution is -2.26. The molecule has 14 heavy (non-hydrogen) atoms. The fourth-order valence-electron chi connectivity index (χ4n) is 1.90. The van der Waals surface area contributed by atoms with Crippen molar-refractivity contribution in [3.63, 3.8) is 0 Å². The predicted octanol–water partition coefficient (Wildman–Crippen LogP) is 3.38. The van der Waals surface area contributed by atoms with Gasteiger partial charge in [-0.3, -0.25) is 4.79 Å². The van der Waals surface area contributed by atoms with Crippen molar-refractivity contribution in [3.05, 3.63) is 11.6 Å². The number of rotatable bonds is 2. The zero-order chi connectivity index (χ0) is 10.6. The Morgan fingerprint density at radius 2 is 1.93 bits per heavy atom. The molecule has 0 aromatic rings. The number of hydrogen-bond donors (Lipinski definition) is 1. The molecular formula is C12H20O2. The van der Waals surface area contributed by atoms with E-state index in [2.05, 4.69) is 6.08 Å². The van der Waals surface area contributed by atoms with Gasteiger partial charge in [0.25, 0.3) is 0 Å². The number of allylic oxidation sites excluding steroid dienone is 1. The summed E-state index contributed by atoms with van der Waals surface area (Å²) in [6.45, 7) is 3.62. The maximum absolute atomic E-state index is 11.1. The molecule has 0 unspecified atom stereocenters. The molecule has 1 aliphatic rings. The minimum absolute atomic E-state index is 0.669. The molecule has 0 saturated heterocycles. The first-order valence-corrected chi connectivity index (χ1v) is 5.48. The summed E-state index contributed by atoms with van der Waals surface area (Å²) < 4.78 is 0. The Morgan fingerprint density at radius 3 is 2.57 bits per heavy atom. The van der Waals surface area contributed by atoms with E-state index in [1.54, 1.807) is 0 Å². The average molecular weight is 196 g/mol. The highest BCUT2D eigenvalue weighted by molar-refractivity contribution is 5.77. The SMILES string of the molecule is CC(C)(C(=O)O)C1=CCCCCCC1. The number of carbonyl (C=O) groups is 1. The third-order valence-corrected chi connectivity index (χ3v) is 3.13. The normalized spacial score (nSPS) is 19.4. The Hall–Kier alpha value is -0.790. The van der Waals surface area contributed by atoms with Crippen LogP contribution < -0.4 is 0 Å². The third-order valence-electron chi connectivity index (χ3n) is 3.13. The Balaban J connectivity index is 2.77. The van der Waals surface area contributed by atoms with Crippen LogP contribution in [-0.4, -0.2) is 11.1 Å². The van der Waals surface area contributed by atoms with Crippen molar-refractivity contribution in [1.82, 2.24) is 0 Å². The van der Waals surface area contributed by atoms with Gasteiger partial charge in [-0.25, -0.2) is 0 Å². The zero-order valence-corrected chi connectivity index (χ0v) is 9.18. The van der Waals surface area contributed by atoms with Gasteiger partial charge in [-0.05, 0) is 39.5 Å². The van der Waals surface area contributed by atoms with Gasteiger partial charge in [0, 0.05) is 0 Å². The van der Waals surface area contributed by atoms with E-state index < -0.39 is 11.4 Å². The smallest absolute Gasteiger partial charge is 0.313 e. The van der Waals surface area contributed by atoms with Crippen LogP contribution in [0, 0.1) is 5.41 Å². The summed E-state index contributed by atoms with van der Waals surface area (Å²) in [6.07, 6.45) is 9.03. The maximum atomic E-state index is 11.1. The van der Waals surface area contributed by atoms with Crippen molar-refractivity contribution in [2.75, 3.05) is 0 Å².